The number of anilines is 1. The number of aliphatic carboxylic acids is 1. The van der Waals surface area contributed by atoms with Crippen molar-refractivity contribution in [1.82, 2.24) is 9.91 Å². The minimum atomic E-state index is -1.43. The smallest absolute Gasteiger partial charge is 0.303 e. The topological polar surface area (TPSA) is 144 Å². The highest BCUT2D eigenvalue weighted by Gasteiger charge is 2.70. The fraction of sp³-hybridized carbons (Fsp3) is 0.293. The van der Waals surface area contributed by atoms with E-state index in [4.69, 9.17) is 0 Å². The van der Waals surface area contributed by atoms with Crippen LogP contribution in [-0.2, 0) is 29.4 Å². The monoisotopic (exact) mass is 683 g/mol. The molecule has 10 heteroatoms. The quantitative estimate of drug-likeness (QED) is 0.159. The number of hydrazine groups is 1. The van der Waals surface area contributed by atoms with Crippen LogP contribution in [0.5, 0.6) is 5.75 Å². The van der Waals surface area contributed by atoms with Crippen LogP contribution >= 0.6 is 0 Å². The van der Waals surface area contributed by atoms with Crippen LogP contribution in [-0.4, -0.2) is 56.3 Å². The summed E-state index contributed by atoms with van der Waals surface area (Å²) in [5.41, 5.74) is 5.49. The van der Waals surface area contributed by atoms with Crippen LogP contribution in [0.3, 0.4) is 0 Å². The average molecular weight is 684 g/mol. The Balaban J connectivity index is 1.33. The molecule has 2 aliphatic carbocycles. The lowest BCUT2D eigenvalue weighted by Crippen LogP contribution is -2.53. The van der Waals surface area contributed by atoms with Gasteiger partial charge in [-0.1, -0.05) is 90.0 Å². The molecule has 0 aromatic heterocycles. The number of aryl methyl sites for hydroxylation is 1. The van der Waals surface area contributed by atoms with Crippen molar-refractivity contribution >= 4 is 46.1 Å². The molecule has 3 fully saturated rings. The van der Waals surface area contributed by atoms with Crippen molar-refractivity contribution in [2.75, 3.05) is 12.0 Å². The number of nitrogens with zero attached hydrogens (tertiary/aromatic N) is 2. The first-order chi connectivity index (χ1) is 24.6. The summed E-state index contributed by atoms with van der Waals surface area (Å²) in [6, 6.07) is 27.6. The van der Waals surface area contributed by atoms with E-state index in [1.54, 1.807) is 6.07 Å². The number of amides is 4. The lowest BCUT2D eigenvalue weighted by molar-refractivity contribution is -0.142. The van der Waals surface area contributed by atoms with Crippen molar-refractivity contribution in [1.29, 1.82) is 0 Å². The first-order valence-electron chi connectivity index (χ1n) is 17.4. The average Bonchev–Trinajstić information content (AvgIpc) is 3.50. The number of carbonyl (C=O) groups is 5. The largest absolute Gasteiger partial charge is 0.507 e. The van der Waals surface area contributed by atoms with Gasteiger partial charge in [-0.25, -0.2) is 0 Å². The molecule has 0 bridgehead atoms. The second kappa shape index (κ2) is 12.2. The van der Waals surface area contributed by atoms with E-state index < -0.39 is 52.8 Å². The van der Waals surface area contributed by atoms with E-state index in [2.05, 4.69) is 5.43 Å². The van der Waals surface area contributed by atoms with E-state index >= 15 is 4.79 Å². The highest BCUT2D eigenvalue weighted by molar-refractivity contribution is 6.13. The Hall–Kier alpha value is -5.77. The molecule has 2 saturated heterocycles. The third kappa shape index (κ3) is 4.87. The molecular formula is C41H37N3O7. The number of hydrogen-bond donors (Lipinski definition) is 3. The molecule has 2 heterocycles. The number of carboxylic acid groups (broad SMARTS) is 1. The van der Waals surface area contributed by atoms with Gasteiger partial charge in [0, 0.05) is 24.3 Å². The van der Waals surface area contributed by atoms with Gasteiger partial charge >= 0.3 is 5.97 Å². The summed E-state index contributed by atoms with van der Waals surface area (Å²) in [5, 5.41) is 22.6. The molecule has 4 aromatic carbocycles. The second-order valence-electron chi connectivity index (χ2n) is 14.1. The number of phenolic OH excluding ortho intramolecular Hbond substituents is 1. The van der Waals surface area contributed by atoms with Crippen LogP contribution in [0.25, 0.3) is 10.8 Å². The Labute approximate surface area is 294 Å². The van der Waals surface area contributed by atoms with Gasteiger partial charge in [0.15, 0.2) is 0 Å². The highest BCUT2D eigenvalue weighted by atomic mass is 16.4. The Morgan fingerprint density at radius 1 is 0.843 bits per heavy atom. The van der Waals surface area contributed by atoms with E-state index in [0.717, 1.165) is 27.1 Å². The van der Waals surface area contributed by atoms with Crippen molar-refractivity contribution in [2.45, 2.75) is 43.9 Å². The fourth-order valence-electron chi connectivity index (χ4n) is 9.32. The van der Waals surface area contributed by atoms with E-state index in [1.165, 1.54) is 4.90 Å². The molecule has 1 saturated carbocycles. The number of likely N-dealkylation sites (tertiary alicyclic amines) is 1. The van der Waals surface area contributed by atoms with Crippen LogP contribution in [0.2, 0.25) is 0 Å². The number of aromatic hydroxyl groups is 1. The maximum atomic E-state index is 15.4. The van der Waals surface area contributed by atoms with Gasteiger partial charge in [-0.05, 0) is 66.8 Å². The summed E-state index contributed by atoms with van der Waals surface area (Å²) in [5.74, 6) is -6.05. The van der Waals surface area contributed by atoms with Crippen molar-refractivity contribution in [2.24, 2.45) is 23.7 Å². The third-order valence-corrected chi connectivity index (χ3v) is 11.5. The van der Waals surface area contributed by atoms with Crippen molar-refractivity contribution < 1.29 is 34.2 Å². The molecule has 0 radical (unpaired) electrons. The molecule has 4 aromatic rings. The molecule has 0 unspecified atom stereocenters. The number of carbonyl (C=O) groups excluding carboxylic acids is 4. The molecule has 10 nitrogen and oxygen atoms in total. The maximum absolute atomic E-state index is 15.4. The molecule has 8 rings (SSSR count). The Morgan fingerprint density at radius 3 is 2.27 bits per heavy atom. The van der Waals surface area contributed by atoms with Crippen LogP contribution in [0, 0.1) is 30.6 Å². The van der Waals surface area contributed by atoms with Gasteiger partial charge < -0.3 is 10.2 Å². The first-order valence-corrected chi connectivity index (χ1v) is 17.4. The Bertz CT molecular complexity index is 2150. The predicted octanol–water partition coefficient (Wildman–Crippen LogP) is 5.70. The van der Waals surface area contributed by atoms with Gasteiger partial charge in [0.05, 0.1) is 28.9 Å². The lowest BCUT2D eigenvalue weighted by atomic mass is 9.49. The summed E-state index contributed by atoms with van der Waals surface area (Å²) in [6.45, 7) is 1.96. The minimum Gasteiger partial charge on any atom is -0.507 e. The normalized spacial score (nSPS) is 26.9. The number of imide groups is 2. The fourth-order valence-corrected chi connectivity index (χ4v) is 9.32. The molecule has 2 aliphatic heterocycles. The van der Waals surface area contributed by atoms with E-state index in [1.807, 2.05) is 97.9 Å². The number of benzene rings is 4. The molecule has 0 spiro atoms. The van der Waals surface area contributed by atoms with Gasteiger partial charge in [0.1, 0.15) is 5.75 Å². The molecule has 6 atom stereocenters. The zero-order valence-electron chi connectivity index (χ0n) is 28.0. The molecule has 51 heavy (non-hydrogen) atoms. The van der Waals surface area contributed by atoms with Crippen molar-refractivity contribution in [3.05, 3.63) is 119 Å². The second-order valence-corrected chi connectivity index (χ2v) is 14.1. The highest BCUT2D eigenvalue weighted by Crippen LogP contribution is 2.64. The standard InChI is InChI=1S/C41H37N3O7/c1-23-13-15-25(16-14-23)42-44-38(49)32-22-31-29(17-18-30-35(31)39(50)43(37(30)48)21-7-12-34(46)47)36(41(32,40(44)51)24-8-3-2-4-9-24)28-19-20-33(45)27-11-6-5-10-26(27)28/h2-6,8-11,13-17,19-20,30-32,35-36,42,45H,7,12,18,21-22H2,1H3,(H,46,47)/t30-,31+,32-,35-,36-,41+/m0/s1. The third-order valence-electron chi connectivity index (χ3n) is 11.5. The van der Waals surface area contributed by atoms with E-state index in [0.29, 0.717) is 16.6 Å². The van der Waals surface area contributed by atoms with Gasteiger partial charge in [0.25, 0.3) is 11.8 Å². The molecular weight excluding hydrogens is 646 g/mol. The first kappa shape index (κ1) is 32.4. The molecule has 3 N–H and O–H groups in total. The van der Waals surface area contributed by atoms with Crippen LogP contribution in [0.15, 0.2) is 103 Å². The SMILES string of the molecule is Cc1ccc(NN2C(=O)[C@@H]3C[C@@H]4C(=CC[C@@H]5C(=O)N(CCCC(=O)O)C(=O)[C@@H]54)[C@H](c4ccc(O)c5ccccc45)[C@]3(c3ccccc3)C2=O)cc1. The van der Waals surface area contributed by atoms with Gasteiger partial charge in [-0.15, -0.1) is 0 Å². The summed E-state index contributed by atoms with van der Waals surface area (Å²) in [6.07, 6.45) is 2.40. The summed E-state index contributed by atoms with van der Waals surface area (Å²) in [4.78, 5) is 70.6. The van der Waals surface area contributed by atoms with E-state index in [9.17, 15) is 29.4 Å². The number of allylic oxidation sites excluding steroid dienone is 2. The number of phenols is 1. The minimum absolute atomic E-state index is 0.00803. The number of rotatable bonds is 8. The Morgan fingerprint density at radius 2 is 1.55 bits per heavy atom. The zero-order valence-corrected chi connectivity index (χ0v) is 28.0. The van der Waals surface area contributed by atoms with Crippen LogP contribution in [0.1, 0.15) is 48.3 Å². The summed E-state index contributed by atoms with van der Waals surface area (Å²) in [7, 11) is 0. The maximum Gasteiger partial charge on any atom is 0.303 e. The molecule has 4 amide bonds. The zero-order chi connectivity index (χ0) is 35.6. The lowest BCUT2D eigenvalue weighted by Gasteiger charge is -2.51. The molecule has 258 valence electrons. The predicted molar refractivity (Wildman–Crippen MR) is 188 cm³/mol. The summed E-state index contributed by atoms with van der Waals surface area (Å²) >= 11 is 0. The number of carboxylic acids is 1. The van der Waals surface area contributed by atoms with Gasteiger partial charge in [0.2, 0.25) is 11.8 Å². The van der Waals surface area contributed by atoms with Crippen molar-refractivity contribution in [3.63, 3.8) is 0 Å². The molecule has 4 aliphatic rings. The number of hydrogen-bond acceptors (Lipinski definition) is 7. The number of nitrogens with one attached hydrogen (secondary N) is 1. The summed E-state index contributed by atoms with van der Waals surface area (Å²) < 4.78 is 0. The van der Waals surface area contributed by atoms with Crippen molar-refractivity contribution in [3.8, 4) is 5.75 Å². The number of fused-ring (bicyclic) bond motifs is 5. The van der Waals surface area contributed by atoms with Crippen LogP contribution < -0.4 is 5.43 Å². The van der Waals surface area contributed by atoms with Gasteiger partial charge in [-0.3, -0.25) is 34.3 Å². The Kier molecular flexibility index (Phi) is 7.77. The van der Waals surface area contributed by atoms with Crippen LogP contribution in [0.4, 0.5) is 5.69 Å². The van der Waals surface area contributed by atoms with E-state index in [-0.39, 0.29) is 49.8 Å². The van der Waals surface area contributed by atoms with Gasteiger partial charge in [-0.2, -0.15) is 5.01 Å².